The highest BCUT2D eigenvalue weighted by molar-refractivity contribution is 6.31. The summed E-state index contributed by atoms with van der Waals surface area (Å²) < 4.78 is 0. The van der Waals surface area contributed by atoms with Gasteiger partial charge in [-0.05, 0) is 48.9 Å². The van der Waals surface area contributed by atoms with Crippen molar-refractivity contribution in [1.82, 2.24) is 0 Å². The second kappa shape index (κ2) is 7.38. The summed E-state index contributed by atoms with van der Waals surface area (Å²) >= 11 is 6.10. The zero-order valence-electron chi connectivity index (χ0n) is 15.1. The highest BCUT2D eigenvalue weighted by Gasteiger charge is 2.35. The summed E-state index contributed by atoms with van der Waals surface area (Å²) in [7, 11) is 3.93. The molecule has 1 saturated heterocycles. The van der Waals surface area contributed by atoms with Crippen LogP contribution >= 0.6 is 11.6 Å². The molecule has 6 heteroatoms. The molecule has 2 amide bonds. The first-order valence-corrected chi connectivity index (χ1v) is 8.88. The topological polar surface area (TPSA) is 52.7 Å². The van der Waals surface area contributed by atoms with E-state index in [1.165, 1.54) is 0 Å². The van der Waals surface area contributed by atoms with Crippen LogP contribution in [0.15, 0.2) is 42.5 Å². The molecule has 0 bridgehead atoms. The maximum absolute atomic E-state index is 12.6. The third kappa shape index (κ3) is 3.68. The Bertz CT molecular complexity index is 833. The number of hydrogen-bond acceptors (Lipinski definition) is 3. The van der Waals surface area contributed by atoms with Crippen LogP contribution in [-0.4, -0.2) is 32.5 Å². The van der Waals surface area contributed by atoms with Crippen molar-refractivity contribution in [3.63, 3.8) is 0 Å². The van der Waals surface area contributed by atoms with Crippen molar-refractivity contribution in [3.05, 3.63) is 53.1 Å². The van der Waals surface area contributed by atoms with Gasteiger partial charge in [0, 0.05) is 49.1 Å². The minimum Gasteiger partial charge on any atom is -0.378 e. The molecule has 5 nitrogen and oxygen atoms in total. The van der Waals surface area contributed by atoms with Crippen LogP contribution in [0, 0.1) is 12.8 Å². The molecule has 1 aliphatic heterocycles. The Hall–Kier alpha value is -2.53. The summed E-state index contributed by atoms with van der Waals surface area (Å²) in [6, 6.07) is 13.1. The highest BCUT2D eigenvalue weighted by atomic mass is 35.5. The predicted molar refractivity (Wildman–Crippen MR) is 106 cm³/mol. The Morgan fingerprint density at radius 3 is 2.54 bits per heavy atom. The predicted octanol–water partition coefficient (Wildman–Crippen LogP) is 3.71. The van der Waals surface area contributed by atoms with Crippen molar-refractivity contribution in [2.75, 3.05) is 35.8 Å². The Kier molecular flexibility index (Phi) is 5.18. The molecule has 2 aromatic rings. The van der Waals surface area contributed by atoms with Gasteiger partial charge in [-0.1, -0.05) is 17.7 Å². The van der Waals surface area contributed by atoms with E-state index in [0.29, 0.717) is 17.3 Å². The largest absolute Gasteiger partial charge is 0.378 e. The van der Waals surface area contributed by atoms with Crippen LogP contribution in [0.1, 0.15) is 12.0 Å². The van der Waals surface area contributed by atoms with E-state index in [0.717, 1.165) is 16.9 Å². The minimum absolute atomic E-state index is 0.0365. The molecular formula is C20H22ClN3O2. The Balaban J connectivity index is 1.70. The lowest BCUT2D eigenvalue weighted by Crippen LogP contribution is -2.28. The van der Waals surface area contributed by atoms with Crippen molar-refractivity contribution in [1.29, 1.82) is 0 Å². The zero-order chi connectivity index (χ0) is 18.8. The number of anilines is 3. The molecule has 3 rings (SSSR count). The van der Waals surface area contributed by atoms with Crippen molar-refractivity contribution in [2.45, 2.75) is 13.3 Å². The van der Waals surface area contributed by atoms with Crippen molar-refractivity contribution >= 4 is 40.5 Å². The van der Waals surface area contributed by atoms with E-state index in [9.17, 15) is 9.59 Å². The number of halogens is 1. The van der Waals surface area contributed by atoms with Gasteiger partial charge in [0.1, 0.15) is 0 Å². The van der Waals surface area contributed by atoms with Gasteiger partial charge in [-0.3, -0.25) is 9.59 Å². The van der Waals surface area contributed by atoms with Crippen LogP contribution in [0.5, 0.6) is 0 Å². The number of carbonyl (C=O) groups excluding carboxylic acids is 2. The van der Waals surface area contributed by atoms with E-state index in [-0.39, 0.29) is 24.2 Å². The molecular weight excluding hydrogens is 350 g/mol. The molecule has 0 aromatic heterocycles. The lowest BCUT2D eigenvalue weighted by atomic mass is 10.1. The Morgan fingerprint density at radius 2 is 1.88 bits per heavy atom. The molecule has 0 spiro atoms. The second-order valence-corrected chi connectivity index (χ2v) is 7.13. The number of carbonyl (C=O) groups is 2. The summed E-state index contributed by atoms with van der Waals surface area (Å²) in [6.07, 6.45) is 0.209. The summed E-state index contributed by atoms with van der Waals surface area (Å²) in [6.45, 7) is 2.24. The van der Waals surface area contributed by atoms with Gasteiger partial charge in [-0.15, -0.1) is 0 Å². The van der Waals surface area contributed by atoms with Crippen LogP contribution in [0.25, 0.3) is 0 Å². The third-order valence-electron chi connectivity index (χ3n) is 4.70. The number of amides is 2. The smallest absolute Gasteiger partial charge is 0.229 e. The first-order valence-electron chi connectivity index (χ1n) is 8.50. The van der Waals surface area contributed by atoms with Gasteiger partial charge in [0.05, 0.1) is 5.92 Å². The van der Waals surface area contributed by atoms with Gasteiger partial charge < -0.3 is 15.1 Å². The van der Waals surface area contributed by atoms with Gasteiger partial charge in [-0.2, -0.15) is 0 Å². The number of benzene rings is 2. The van der Waals surface area contributed by atoms with Gasteiger partial charge in [0.2, 0.25) is 11.8 Å². The van der Waals surface area contributed by atoms with Crippen molar-refractivity contribution in [2.24, 2.45) is 5.92 Å². The lowest BCUT2D eigenvalue weighted by molar-refractivity contribution is -0.122. The fourth-order valence-corrected chi connectivity index (χ4v) is 3.22. The molecule has 2 aromatic carbocycles. The van der Waals surface area contributed by atoms with E-state index in [1.54, 1.807) is 17.0 Å². The number of nitrogens with zero attached hydrogens (tertiary/aromatic N) is 2. The van der Waals surface area contributed by atoms with E-state index in [4.69, 9.17) is 11.6 Å². The fraction of sp³-hybridized carbons (Fsp3) is 0.300. The quantitative estimate of drug-likeness (QED) is 0.891. The third-order valence-corrected chi connectivity index (χ3v) is 5.11. The average Bonchev–Trinajstić information content (AvgIpc) is 3.01. The average molecular weight is 372 g/mol. The summed E-state index contributed by atoms with van der Waals surface area (Å²) in [5.41, 5.74) is 3.38. The molecule has 1 unspecified atom stereocenters. The van der Waals surface area contributed by atoms with E-state index in [1.807, 2.05) is 56.3 Å². The van der Waals surface area contributed by atoms with E-state index >= 15 is 0 Å². The highest BCUT2D eigenvalue weighted by Crippen LogP contribution is 2.29. The SMILES string of the molecule is Cc1c(Cl)cccc1NC(=O)C1CC(=O)N(c2ccc(N(C)C)cc2)C1. The summed E-state index contributed by atoms with van der Waals surface area (Å²) in [5.74, 6) is -0.573. The van der Waals surface area contributed by atoms with Crippen molar-refractivity contribution in [3.8, 4) is 0 Å². The Labute approximate surface area is 158 Å². The van der Waals surface area contributed by atoms with E-state index in [2.05, 4.69) is 5.32 Å². The number of nitrogens with one attached hydrogen (secondary N) is 1. The summed E-state index contributed by atoms with van der Waals surface area (Å²) in [5, 5.41) is 3.51. The second-order valence-electron chi connectivity index (χ2n) is 6.72. The molecule has 1 heterocycles. The van der Waals surface area contributed by atoms with Gasteiger partial charge in [0.25, 0.3) is 0 Å². The molecule has 0 aliphatic carbocycles. The van der Waals surface area contributed by atoms with Gasteiger partial charge in [-0.25, -0.2) is 0 Å². The van der Waals surface area contributed by atoms with Crippen molar-refractivity contribution < 1.29 is 9.59 Å². The molecule has 1 atom stereocenters. The van der Waals surface area contributed by atoms with E-state index < -0.39 is 0 Å². The molecule has 1 fully saturated rings. The monoisotopic (exact) mass is 371 g/mol. The fourth-order valence-electron chi connectivity index (χ4n) is 3.04. The first kappa shape index (κ1) is 18.3. The molecule has 26 heavy (non-hydrogen) atoms. The minimum atomic E-state index is -0.380. The zero-order valence-corrected chi connectivity index (χ0v) is 15.9. The standard InChI is InChI=1S/C20H22ClN3O2/c1-13-17(21)5-4-6-18(13)22-20(26)14-11-19(25)24(12-14)16-9-7-15(8-10-16)23(2)3/h4-10,14H,11-12H2,1-3H3,(H,22,26). The molecule has 136 valence electrons. The first-order chi connectivity index (χ1) is 12.4. The summed E-state index contributed by atoms with van der Waals surface area (Å²) in [4.78, 5) is 28.7. The van der Waals surface area contributed by atoms with Crippen LogP contribution < -0.4 is 15.1 Å². The number of rotatable bonds is 4. The maximum Gasteiger partial charge on any atom is 0.229 e. The lowest BCUT2D eigenvalue weighted by Gasteiger charge is -2.19. The van der Waals surface area contributed by atoms with Gasteiger partial charge in [0.15, 0.2) is 0 Å². The van der Waals surface area contributed by atoms with Gasteiger partial charge >= 0.3 is 0 Å². The normalized spacial score (nSPS) is 16.7. The van der Waals surface area contributed by atoms with Crippen LogP contribution in [0.4, 0.5) is 17.1 Å². The van der Waals surface area contributed by atoms with Crippen LogP contribution in [0.3, 0.4) is 0 Å². The van der Waals surface area contributed by atoms with Crippen LogP contribution in [-0.2, 0) is 9.59 Å². The molecule has 1 aliphatic rings. The maximum atomic E-state index is 12.6. The Morgan fingerprint density at radius 1 is 1.19 bits per heavy atom. The number of hydrogen-bond donors (Lipinski definition) is 1. The van der Waals surface area contributed by atoms with Crippen LogP contribution in [0.2, 0.25) is 5.02 Å². The molecule has 0 saturated carbocycles. The molecule has 1 N–H and O–H groups in total. The molecule has 0 radical (unpaired) electrons.